The Labute approximate surface area is 131 Å². The summed E-state index contributed by atoms with van der Waals surface area (Å²) in [5, 5.41) is 3.47. The molecular formula is C16H13N3O4. The first-order chi connectivity index (χ1) is 11.2. The van der Waals surface area contributed by atoms with Crippen molar-refractivity contribution in [1.29, 1.82) is 0 Å². The summed E-state index contributed by atoms with van der Waals surface area (Å²) < 4.78 is 10.4. The monoisotopic (exact) mass is 311 g/mol. The van der Waals surface area contributed by atoms with Crippen LogP contribution in [-0.2, 0) is 11.3 Å². The zero-order chi connectivity index (χ0) is 16.2. The number of carbonyl (C=O) groups is 2. The number of carbonyl (C=O) groups excluding carboxylic acids is 2. The van der Waals surface area contributed by atoms with Gasteiger partial charge in [-0.05, 0) is 12.1 Å². The highest BCUT2D eigenvalue weighted by Crippen LogP contribution is 2.23. The summed E-state index contributed by atoms with van der Waals surface area (Å²) in [7, 11) is 1.31. The Morgan fingerprint density at radius 1 is 1.26 bits per heavy atom. The van der Waals surface area contributed by atoms with Crippen LogP contribution in [0.5, 0.6) is 0 Å². The van der Waals surface area contributed by atoms with Gasteiger partial charge in [-0.25, -0.2) is 14.8 Å². The second-order valence-corrected chi connectivity index (χ2v) is 4.74. The number of amides is 1. The molecule has 0 radical (unpaired) electrons. The Bertz CT molecular complexity index is 858. The van der Waals surface area contributed by atoms with E-state index in [2.05, 4.69) is 15.3 Å². The van der Waals surface area contributed by atoms with Crippen LogP contribution in [0.1, 0.15) is 26.5 Å². The standard InChI is InChI=1S/C16H13N3O4/c1-22-16(21)13-4-2-3-10-5-12(23-14(10)13)8-19-15(20)11-6-17-9-18-7-11/h2-7,9H,8H2,1H3,(H,19,20). The maximum absolute atomic E-state index is 11.9. The van der Waals surface area contributed by atoms with Crippen LogP contribution in [-0.4, -0.2) is 29.0 Å². The van der Waals surface area contributed by atoms with E-state index in [0.29, 0.717) is 22.5 Å². The molecule has 3 rings (SSSR count). The third-order valence-corrected chi connectivity index (χ3v) is 3.25. The van der Waals surface area contributed by atoms with E-state index in [1.54, 1.807) is 18.2 Å². The number of nitrogens with one attached hydrogen (secondary N) is 1. The topological polar surface area (TPSA) is 94.3 Å². The second-order valence-electron chi connectivity index (χ2n) is 4.74. The number of benzene rings is 1. The first kappa shape index (κ1) is 14.7. The van der Waals surface area contributed by atoms with Crippen LogP contribution in [0.15, 0.2) is 47.4 Å². The number of aromatic nitrogens is 2. The van der Waals surface area contributed by atoms with Crippen LogP contribution >= 0.6 is 0 Å². The van der Waals surface area contributed by atoms with E-state index < -0.39 is 5.97 Å². The molecule has 0 aliphatic rings. The smallest absolute Gasteiger partial charge is 0.341 e. The molecule has 1 amide bonds. The molecule has 0 aliphatic heterocycles. The Kier molecular flexibility index (Phi) is 4.01. The number of hydrogen-bond donors (Lipinski definition) is 1. The molecule has 1 N–H and O–H groups in total. The first-order valence-corrected chi connectivity index (χ1v) is 6.82. The summed E-state index contributed by atoms with van der Waals surface area (Å²) in [5.41, 5.74) is 1.14. The molecule has 0 fully saturated rings. The predicted octanol–water partition coefficient (Wildman–Crippen LogP) is 1.94. The molecule has 0 saturated heterocycles. The maximum Gasteiger partial charge on any atom is 0.341 e. The van der Waals surface area contributed by atoms with Crippen LogP contribution < -0.4 is 5.32 Å². The molecule has 0 atom stereocenters. The lowest BCUT2D eigenvalue weighted by Crippen LogP contribution is -2.22. The van der Waals surface area contributed by atoms with Crippen LogP contribution in [0.4, 0.5) is 0 Å². The van der Waals surface area contributed by atoms with Gasteiger partial charge in [-0.2, -0.15) is 0 Å². The van der Waals surface area contributed by atoms with Gasteiger partial charge in [-0.3, -0.25) is 4.79 Å². The summed E-state index contributed by atoms with van der Waals surface area (Å²) >= 11 is 0. The van der Waals surface area contributed by atoms with Gasteiger partial charge in [0.2, 0.25) is 0 Å². The minimum absolute atomic E-state index is 0.184. The van der Waals surface area contributed by atoms with Gasteiger partial charge < -0.3 is 14.5 Å². The summed E-state index contributed by atoms with van der Waals surface area (Å²) in [6.07, 6.45) is 4.21. The largest absolute Gasteiger partial charge is 0.465 e. The number of furan rings is 1. The fourth-order valence-electron chi connectivity index (χ4n) is 2.16. The van der Waals surface area contributed by atoms with Crippen molar-refractivity contribution in [3.05, 3.63) is 59.9 Å². The first-order valence-electron chi connectivity index (χ1n) is 6.82. The maximum atomic E-state index is 11.9. The Balaban J connectivity index is 1.79. The molecule has 0 bridgehead atoms. The fraction of sp³-hybridized carbons (Fsp3) is 0.125. The number of methoxy groups -OCH3 is 1. The third-order valence-electron chi connectivity index (χ3n) is 3.25. The van der Waals surface area contributed by atoms with E-state index in [-0.39, 0.29) is 12.5 Å². The van der Waals surface area contributed by atoms with Crippen LogP contribution in [0.25, 0.3) is 11.0 Å². The van der Waals surface area contributed by atoms with Crippen molar-refractivity contribution in [2.75, 3.05) is 7.11 Å². The molecule has 0 spiro atoms. The van der Waals surface area contributed by atoms with E-state index in [4.69, 9.17) is 9.15 Å². The van der Waals surface area contributed by atoms with E-state index >= 15 is 0 Å². The van der Waals surface area contributed by atoms with Crippen molar-refractivity contribution >= 4 is 22.8 Å². The van der Waals surface area contributed by atoms with Crippen LogP contribution in [0.3, 0.4) is 0 Å². The zero-order valence-corrected chi connectivity index (χ0v) is 12.3. The molecular weight excluding hydrogens is 298 g/mol. The van der Waals surface area contributed by atoms with Gasteiger partial charge in [0.15, 0.2) is 0 Å². The highest BCUT2D eigenvalue weighted by Gasteiger charge is 2.15. The molecule has 0 aliphatic carbocycles. The minimum atomic E-state index is -0.470. The minimum Gasteiger partial charge on any atom is -0.465 e. The molecule has 7 heteroatoms. The number of hydrogen-bond acceptors (Lipinski definition) is 6. The molecule has 1 aromatic carbocycles. The van der Waals surface area contributed by atoms with Crippen molar-refractivity contribution in [2.24, 2.45) is 0 Å². The highest BCUT2D eigenvalue weighted by molar-refractivity contribution is 6.02. The molecule has 116 valence electrons. The predicted molar refractivity (Wildman–Crippen MR) is 80.8 cm³/mol. The van der Waals surface area contributed by atoms with Gasteiger partial charge in [-0.1, -0.05) is 12.1 Å². The van der Waals surface area contributed by atoms with E-state index in [1.165, 1.54) is 25.8 Å². The molecule has 23 heavy (non-hydrogen) atoms. The average molecular weight is 311 g/mol. The Morgan fingerprint density at radius 2 is 2.04 bits per heavy atom. The lowest BCUT2D eigenvalue weighted by molar-refractivity contribution is 0.0601. The molecule has 2 aromatic heterocycles. The van der Waals surface area contributed by atoms with E-state index in [9.17, 15) is 9.59 Å². The fourth-order valence-corrected chi connectivity index (χ4v) is 2.16. The number of ether oxygens (including phenoxy) is 1. The number of nitrogens with zero attached hydrogens (tertiary/aromatic N) is 2. The Hall–Kier alpha value is -3.22. The molecule has 0 saturated carbocycles. The van der Waals surface area contributed by atoms with Crippen LogP contribution in [0, 0.1) is 0 Å². The van der Waals surface area contributed by atoms with Crippen molar-refractivity contribution in [3.8, 4) is 0 Å². The number of para-hydroxylation sites is 1. The lowest BCUT2D eigenvalue weighted by atomic mass is 10.1. The van der Waals surface area contributed by atoms with Gasteiger partial charge in [0.05, 0.1) is 19.2 Å². The quantitative estimate of drug-likeness (QED) is 0.740. The van der Waals surface area contributed by atoms with E-state index in [0.717, 1.165) is 5.39 Å². The number of rotatable bonds is 4. The highest BCUT2D eigenvalue weighted by atomic mass is 16.5. The van der Waals surface area contributed by atoms with Gasteiger partial charge in [0.1, 0.15) is 23.2 Å². The van der Waals surface area contributed by atoms with Crippen LogP contribution in [0.2, 0.25) is 0 Å². The molecule has 3 aromatic rings. The van der Waals surface area contributed by atoms with Crippen molar-refractivity contribution in [3.63, 3.8) is 0 Å². The van der Waals surface area contributed by atoms with Gasteiger partial charge in [-0.15, -0.1) is 0 Å². The molecule has 7 nitrogen and oxygen atoms in total. The van der Waals surface area contributed by atoms with Gasteiger partial charge >= 0.3 is 5.97 Å². The lowest BCUT2D eigenvalue weighted by Gasteiger charge is -2.02. The molecule has 0 unspecified atom stereocenters. The van der Waals surface area contributed by atoms with Crippen molar-refractivity contribution < 1.29 is 18.7 Å². The van der Waals surface area contributed by atoms with Crippen molar-refractivity contribution in [1.82, 2.24) is 15.3 Å². The normalized spacial score (nSPS) is 10.5. The average Bonchev–Trinajstić information content (AvgIpc) is 3.02. The summed E-state index contributed by atoms with van der Waals surface area (Å²) in [5.74, 6) is -0.247. The summed E-state index contributed by atoms with van der Waals surface area (Å²) in [4.78, 5) is 31.2. The van der Waals surface area contributed by atoms with Gasteiger partial charge in [0.25, 0.3) is 5.91 Å². The van der Waals surface area contributed by atoms with E-state index in [1.807, 2.05) is 6.07 Å². The number of fused-ring (bicyclic) bond motifs is 1. The van der Waals surface area contributed by atoms with Crippen molar-refractivity contribution in [2.45, 2.75) is 6.54 Å². The number of esters is 1. The second kappa shape index (κ2) is 6.27. The third kappa shape index (κ3) is 3.03. The van der Waals surface area contributed by atoms with Gasteiger partial charge in [0, 0.05) is 17.8 Å². The summed E-state index contributed by atoms with van der Waals surface area (Å²) in [6.45, 7) is 0.184. The SMILES string of the molecule is COC(=O)c1cccc2cc(CNC(=O)c3cncnc3)oc12. The zero-order valence-electron chi connectivity index (χ0n) is 12.3. The molecule has 2 heterocycles. The summed E-state index contributed by atoms with van der Waals surface area (Å²) in [6, 6.07) is 6.96. The Morgan fingerprint density at radius 3 is 2.78 bits per heavy atom.